The van der Waals surface area contributed by atoms with E-state index in [4.69, 9.17) is 63.2 Å². The Kier molecular flexibility index (Phi) is 6.53. The zero-order valence-electron chi connectivity index (χ0n) is 19.0. The lowest BCUT2D eigenvalue weighted by molar-refractivity contribution is -0.399. The van der Waals surface area contributed by atoms with Crippen LogP contribution in [0.2, 0.25) is 0 Å². The molecule has 3 aliphatic rings. The molecule has 0 amide bonds. The minimum atomic E-state index is -1.60. The van der Waals surface area contributed by atoms with Gasteiger partial charge in [-0.25, -0.2) is 0 Å². The molecule has 0 spiro atoms. The van der Waals surface area contributed by atoms with Crippen LogP contribution < -0.4 is 0 Å². The van der Waals surface area contributed by atoms with E-state index in [0.717, 1.165) is 0 Å². The Bertz CT molecular complexity index is 1190. The zero-order chi connectivity index (χ0) is 24.8. The zero-order valence-corrected chi connectivity index (χ0v) is 21.2. The van der Waals surface area contributed by atoms with Crippen LogP contribution in [0.1, 0.15) is 16.7 Å². The summed E-state index contributed by atoms with van der Waals surface area (Å²) in [5, 5.41) is -4.62. The maximum Gasteiger partial charge on any atom is 0.277 e. The molecule has 7 atom stereocenters. The van der Waals surface area contributed by atoms with E-state index in [9.17, 15) is 0 Å². The van der Waals surface area contributed by atoms with Crippen LogP contribution in [0.25, 0.3) is 0 Å². The van der Waals surface area contributed by atoms with Gasteiger partial charge in [-0.15, -0.1) is 0 Å². The maximum atomic E-state index is 6.95. The van der Waals surface area contributed by atoms with Crippen molar-refractivity contribution in [2.45, 2.75) is 40.2 Å². The second-order valence-electron chi connectivity index (χ2n) is 8.81. The smallest absolute Gasteiger partial charge is 0.277 e. The molecule has 3 aromatic carbocycles. The van der Waals surface area contributed by atoms with Crippen molar-refractivity contribution >= 4 is 34.8 Å². The van der Waals surface area contributed by atoms with Gasteiger partial charge in [0.15, 0.2) is 0 Å². The summed E-state index contributed by atoms with van der Waals surface area (Å²) in [6.45, 7) is 0.251. The van der Waals surface area contributed by atoms with Crippen LogP contribution in [0.4, 0.5) is 0 Å². The molecule has 6 rings (SSSR count). The number of fused-ring (bicyclic) bond motifs is 1. The van der Waals surface area contributed by atoms with E-state index in [1.54, 1.807) is 0 Å². The van der Waals surface area contributed by atoms with Crippen molar-refractivity contribution < 1.29 is 28.4 Å². The van der Waals surface area contributed by atoms with Crippen LogP contribution in [0.15, 0.2) is 91.0 Å². The molecule has 36 heavy (non-hydrogen) atoms. The molecule has 0 bridgehead atoms. The highest BCUT2D eigenvalue weighted by molar-refractivity contribution is 6.22. The number of ether oxygens (including phenoxy) is 6. The molecule has 0 N–H and O–H groups in total. The van der Waals surface area contributed by atoms with Gasteiger partial charge in [0, 0.05) is 16.7 Å². The van der Waals surface area contributed by atoms with E-state index < -0.39 is 40.2 Å². The van der Waals surface area contributed by atoms with Crippen LogP contribution in [-0.2, 0) is 44.2 Å². The van der Waals surface area contributed by atoms with Crippen LogP contribution >= 0.6 is 34.8 Å². The average molecular weight is 550 g/mol. The highest BCUT2D eigenvalue weighted by atomic mass is 35.5. The summed E-state index contributed by atoms with van der Waals surface area (Å²) in [5.41, 5.74) is 1.94. The Morgan fingerprint density at radius 1 is 0.472 bits per heavy atom. The lowest BCUT2D eigenvalue weighted by Crippen LogP contribution is -2.64. The van der Waals surface area contributed by atoms with E-state index in [2.05, 4.69) is 0 Å². The van der Waals surface area contributed by atoms with Crippen molar-refractivity contribution in [1.82, 2.24) is 0 Å². The summed E-state index contributed by atoms with van der Waals surface area (Å²) in [4.78, 5) is 0. The molecule has 3 aromatic rings. The molecular weight excluding hydrogens is 527 g/mol. The molecule has 0 radical (unpaired) electrons. The van der Waals surface area contributed by atoms with Gasteiger partial charge in [0.05, 0.1) is 13.2 Å². The molecule has 9 heteroatoms. The fourth-order valence-electron chi connectivity index (χ4n) is 4.67. The topological polar surface area (TPSA) is 55.4 Å². The SMILES string of the molecule is ClC1(c2ccccc2)OC[C@@H]2OC(Cl)(c3ccccc3)O[C@@H]([C@H]3COC(Cl)(c4ccccc4)O3)[C@H]2O1. The first-order chi connectivity index (χ1) is 17.4. The molecule has 0 aromatic heterocycles. The molecule has 3 unspecified atom stereocenters. The molecule has 3 saturated heterocycles. The molecule has 3 aliphatic heterocycles. The number of hydrogen-bond acceptors (Lipinski definition) is 6. The summed E-state index contributed by atoms with van der Waals surface area (Å²) < 4.78 is 37.2. The van der Waals surface area contributed by atoms with Gasteiger partial charge in [-0.1, -0.05) is 126 Å². The third-order valence-electron chi connectivity index (χ3n) is 6.46. The molecule has 6 nitrogen and oxygen atoms in total. The Morgan fingerprint density at radius 2 is 0.806 bits per heavy atom. The molecule has 188 valence electrons. The highest BCUT2D eigenvalue weighted by Gasteiger charge is 2.59. The Balaban J connectivity index is 1.34. The van der Waals surface area contributed by atoms with Crippen molar-refractivity contribution in [3.05, 3.63) is 108 Å². The average Bonchev–Trinajstić information content (AvgIpc) is 3.33. The van der Waals surface area contributed by atoms with Gasteiger partial charge in [0.25, 0.3) is 15.7 Å². The number of halogens is 3. The summed E-state index contributed by atoms with van der Waals surface area (Å²) in [6.07, 6.45) is -2.70. The minimum Gasteiger partial charge on any atom is -0.331 e. The molecule has 3 fully saturated rings. The third-order valence-corrected chi connectivity index (χ3v) is 7.69. The van der Waals surface area contributed by atoms with Gasteiger partial charge >= 0.3 is 0 Å². The van der Waals surface area contributed by atoms with Crippen molar-refractivity contribution in [3.8, 4) is 0 Å². The Labute approximate surface area is 223 Å². The first-order valence-corrected chi connectivity index (χ1v) is 12.7. The van der Waals surface area contributed by atoms with Gasteiger partial charge in [-0.05, 0) is 0 Å². The van der Waals surface area contributed by atoms with E-state index in [-0.39, 0.29) is 13.2 Å². The van der Waals surface area contributed by atoms with E-state index in [0.29, 0.717) is 16.7 Å². The minimum absolute atomic E-state index is 0.114. The Hall–Kier alpha value is -1.71. The van der Waals surface area contributed by atoms with E-state index in [1.807, 2.05) is 91.0 Å². The van der Waals surface area contributed by atoms with E-state index >= 15 is 0 Å². The second-order valence-corrected chi connectivity index (χ2v) is 10.3. The lowest BCUT2D eigenvalue weighted by atomic mass is 9.99. The highest BCUT2D eigenvalue weighted by Crippen LogP contribution is 2.49. The molecule has 0 saturated carbocycles. The Morgan fingerprint density at radius 3 is 1.25 bits per heavy atom. The van der Waals surface area contributed by atoms with Crippen LogP contribution in [0, 0.1) is 0 Å². The van der Waals surface area contributed by atoms with Crippen LogP contribution in [0.3, 0.4) is 0 Å². The number of alkyl halides is 3. The first kappa shape index (κ1) is 24.6. The molecular formula is C27H23Cl3O6. The van der Waals surface area contributed by atoms with Crippen LogP contribution in [0.5, 0.6) is 0 Å². The number of hydrogen-bond donors (Lipinski definition) is 0. The molecule has 0 aliphatic carbocycles. The second kappa shape index (κ2) is 9.55. The predicted molar refractivity (Wildman–Crippen MR) is 133 cm³/mol. The van der Waals surface area contributed by atoms with E-state index in [1.165, 1.54) is 0 Å². The summed E-state index contributed by atoms with van der Waals surface area (Å²) in [6, 6.07) is 27.8. The fourth-order valence-corrected chi connectivity index (χ4v) is 5.60. The van der Waals surface area contributed by atoms with Gasteiger partial charge in [-0.3, -0.25) is 0 Å². The van der Waals surface area contributed by atoms with Gasteiger partial charge in [0.1, 0.15) is 24.4 Å². The van der Waals surface area contributed by atoms with Crippen molar-refractivity contribution in [3.63, 3.8) is 0 Å². The summed E-state index contributed by atoms with van der Waals surface area (Å²) in [5.74, 6) is 0. The lowest BCUT2D eigenvalue weighted by Gasteiger charge is -2.51. The van der Waals surface area contributed by atoms with Gasteiger partial charge in [-0.2, -0.15) is 0 Å². The van der Waals surface area contributed by atoms with Crippen molar-refractivity contribution in [2.24, 2.45) is 0 Å². The number of rotatable bonds is 4. The van der Waals surface area contributed by atoms with Crippen molar-refractivity contribution in [1.29, 1.82) is 0 Å². The molecule has 3 heterocycles. The normalized spacial score (nSPS) is 38.4. The monoisotopic (exact) mass is 548 g/mol. The maximum absolute atomic E-state index is 6.95. The standard InChI is InChI=1S/C27H23Cl3O6/c28-25(18-10-4-1-5-11-18)31-16-21(33-25)24-23-22(34-27(30,36-24)20-14-8-3-9-15-20)17-32-26(29,35-23)19-12-6-2-7-13-19/h1-15,21-24H,16-17H2/t21-,22+,23+,24+,25?,26?,27?/m1/s1. The number of benzene rings is 3. The quantitative estimate of drug-likeness (QED) is 0.387. The summed E-state index contributed by atoms with van der Waals surface area (Å²) >= 11 is 20.6. The predicted octanol–water partition coefficient (Wildman–Crippen LogP) is 5.75. The summed E-state index contributed by atoms with van der Waals surface area (Å²) in [7, 11) is 0. The van der Waals surface area contributed by atoms with Gasteiger partial charge in [0.2, 0.25) is 0 Å². The van der Waals surface area contributed by atoms with Crippen molar-refractivity contribution in [2.75, 3.05) is 13.2 Å². The first-order valence-electron chi connectivity index (χ1n) is 11.6. The third kappa shape index (κ3) is 4.45. The van der Waals surface area contributed by atoms with Crippen LogP contribution in [-0.4, -0.2) is 37.6 Å². The fraction of sp³-hybridized carbons (Fsp3) is 0.333. The largest absolute Gasteiger partial charge is 0.331 e. The van der Waals surface area contributed by atoms with Gasteiger partial charge < -0.3 is 28.4 Å².